The molecule has 3 heteroatoms. The molecule has 0 saturated heterocycles. The Hall–Kier alpha value is -0.730. The van der Waals surface area contributed by atoms with Gasteiger partial charge in [0.05, 0.1) is 12.1 Å². The number of hydrogen-bond acceptors (Lipinski definition) is 3. The summed E-state index contributed by atoms with van der Waals surface area (Å²) in [6.45, 7) is 11.3. The van der Waals surface area contributed by atoms with E-state index in [9.17, 15) is 0 Å². The second-order valence-electron chi connectivity index (χ2n) is 6.80. The molecule has 0 aromatic carbocycles. The largest absolute Gasteiger partial charge is 0.370 e. The van der Waals surface area contributed by atoms with E-state index in [2.05, 4.69) is 37.6 Å². The molecule has 1 atom stereocenters. The standard InChI is InChI=1S/C14H27N3/c1-11(2)9-17-12(15)16-10-14(17)8-6-5-7-13(14,3)4/h11H,5-10H2,1-4H3,(H2,15,16). The Labute approximate surface area is 105 Å². The molecule has 98 valence electrons. The van der Waals surface area contributed by atoms with Gasteiger partial charge in [0, 0.05) is 6.54 Å². The summed E-state index contributed by atoms with van der Waals surface area (Å²) in [5.41, 5.74) is 6.65. The molecule has 17 heavy (non-hydrogen) atoms. The molecule has 2 aliphatic rings. The molecule has 0 amide bonds. The molecule has 0 radical (unpaired) electrons. The zero-order valence-corrected chi connectivity index (χ0v) is 11.8. The molecule has 1 spiro atoms. The molecule has 1 aliphatic heterocycles. The van der Waals surface area contributed by atoms with Crippen molar-refractivity contribution in [3.63, 3.8) is 0 Å². The van der Waals surface area contributed by atoms with E-state index < -0.39 is 0 Å². The van der Waals surface area contributed by atoms with Crippen LogP contribution in [0.15, 0.2) is 4.99 Å². The van der Waals surface area contributed by atoms with Gasteiger partial charge in [-0.05, 0) is 24.2 Å². The van der Waals surface area contributed by atoms with Crippen molar-refractivity contribution in [2.24, 2.45) is 22.1 Å². The number of nitrogens with zero attached hydrogens (tertiary/aromatic N) is 2. The quantitative estimate of drug-likeness (QED) is 0.802. The first kappa shape index (κ1) is 12.7. The molecule has 2 rings (SSSR count). The van der Waals surface area contributed by atoms with E-state index in [-0.39, 0.29) is 5.54 Å². The molecule has 3 nitrogen and oxygen atoms in total. The second-order valence-corrected chi connectivity index (χ2v) is 6.80. The van der Waals surface area contributed by atoms with E-state index in [0.717, 1.165) is 19.0 Å². The average Bonchev–Trinajstić information content (AvgIpc) is 2.52. The molecule has 1 saturated carbocycles. The van der Waals surface area contributed by atoms with Crippen molar-refractivity contribution in [1.82, 2.24) is 4.90 Å². The lowest BCUT2D eigenvalue weighted by atomic mass is 9.62. The number of rotatable bonds is 2. The van der Waals surface area contributed by atoms with Gasteiger partial charge in [0.2, 0.25) is 0 Å². The second kappa shape index (κ2) is 4.18. The lowest BCUT2D eigenvalue weighted by molar-refractivity contribution is 0.00434. The fourth-order valence-electron chi connectivity index (χ4n) is 3.58. The van der Waals surface area contributed by atoms with Crippen LogP contribution in [0.5, 0.6) is 0 Å². The van der Waals surface area contributed by atoms with Crippen molar-refractivity contribution >= 4 is 5.96 Å². The maximum atomic E-state index is 6.13. The van der Waals surface area contributed by atoms with Crippen LogP contribution in [-0.2, 0) is 0 Å². The fraction of sp³-hybridized carbons (Fsp3) is 0.929. The summed E-state index contributed by atoms with van der Waals surface area (Å²) in [6, 6.07) is 0. The van der Waals surface area contributed by atoms with Gasteiger partial charge < -0.3 is 10.6 Å². The third kappa shape index (κ3) is 1.94. The summed E-state index contributed by atoms with van der Waals surface area (Å²) in [7, 11) is 0. The van der Waals surface area contributed by atoms with E-state index in [1.54, 1.807) is 0 Å². The molecule has 0 aromatic rings. The molecule has 0 aromatic heterocycles. The maximum absolute atomic E-state index is 6.13. The van der Waals surface area contributed by atoms with Gasteiger partial charge in [-0.3, -0.25) is 4.99 Å². The number of guanidine groups is 1. The van der Waals surface area contributed by atoms with Crippen LogP contribution in [0.1, 0.15) is 53.4 Å². The summed E-state index contributed by atoms with van der Waals surface area (Å²) in [6.07, 6.45) is 5.21. The molecule has 1 unspecified atom stereocenters. The number of hydrogen-bond donors (Lipinski definition) is 1. The average molecular weight is 237 g/mol. The highest BCUT2D eigenvalue weighted by molar-refractivity contribution is 5.81. The summed E-state index contributed by atoms with van der Waals surface area (Å²) in [5.74, 6) is 1.41. The van der Waals surface area contributed by atoms with Gasteiger partial charge in [-0.15, -0.1) is 0 Å². The van der Waals surface area contributed by atoms with Gasteiger partial charge >= 0.3 is 0 Å². The molecule has 0 bridgehead atoms. The Morgan fingerprint density at radius 1 is 1.29 bits per heavy atom. The van der Waals surface area contributed by atoms with Crippen LogP contribution in [0, 0.1) is 11.3 Å². The molecular weight excluding hydrogens is 210 g/mol. The Morgan fingerprint density at radius 2 is 1.94 bits per heavy atom. The van der Waals surface area contributed by atoms with E-state index >= 15 is 0 Å². The fourth-order valence-corrected chi connectivity index (χ4v) is 3.58. The third-order valence-electron chi connectivity index (χ3n) is 4.75. The van der Waals surface area contributed by atoms with Crippen molar-refractivity contribution in [3.05, 3.63) is 0 Å². The number of aliphatic imine (C=N–C) groups is 1. The first-order valence-electron chi connectivity index (χ1n) is 6.97. The van der Waals surface area contributed by atoms with Gasteiger partial charge in [-0.1, -0.05) is 40.5 Å². The lowest BCUT2D eigenvalue weighted by Gasteiger charge is -2.53. The third-order valence-corrected chi connectivity index (χ3v) is 4.75. The van der Waals surface area contributed by atoms with Crippen molar-refractivity contribution in [1.29, 1.82) is 0 Å². The van der Waals surface area contributed by atoms with E-state index in [1.165, 1.54) is 25.7 Å². The van der Waals surface area contributed by atoms with E-state index in [4.69, 9.17) is 5.73 Å². The minimum atomic E-state index is 0.194. The van der Waals surface area contributed by atoms with Crippen molar-refractivity contribution in [2.75, 3.05) is 13.1 Å². The van der Waals surface area contributed by atoms with E-state index in [0.29, 0.717) is 11.3 Å². The van der Waals surface area contributed by atoms with Gasteiger partial charge in [0.15, 0.2) is 5.96 Å². The summed E-state index contributed by atoms with van der Waals surface area (Å²) in [5, 5.41) is 0. The topological polar surface area (TPSA) is 41.6 Å². The summed E-state index contributed by atoms with van der Waals surface area (Å²) in [4.78, 5) is 6.98. The molecular formula is C14H27N3. The van der Waals surface area contributed by atoms with Crippen LogP contribution in [0.2, 0.25) is 0 Å². The highest BCUT2D eigenvalue weighted by Crippen LogP contribution is 2.49. The minimum absolute atomic E-state index is 0.194. The normalized spacial score (nSPS) is 32.3. The summed E-state index contributed by atoms with van der Waals surface area (Å²) >= 11 is 0. The van der Waals surface area contributed by atoms with Gasteiger partial charge in [0.25, 0.3) is 0 Å². The van der Waals surface area contributed by atoms with Crippen LogP contribution < -0.4 is 5.73 Å². The molecule has 1 fully saturated rings. The van der Waals surface area contributed by atoms with Crippen LogP contribution >= 0.6 is 0 Å². The monoisotopic (exact) mass is 237 g/mol. The molecule has 2 N–H and O–H groups in total. The molecule has 1 aliphatic carbocycles. The van der Waals surface area contributed by atoms with Crippen LogP contribution in [0.25, 0.3) is 0 Å². The lowest BCUT2D eigenvalue weighted by Crippen LogP contribution is -2.62. The highest BCUT2D eigenvalue weighted by Gasteiger charge is 2.53. The first-order chi connectivity index (χ1) is 7.89. The molecule has 1 heterocycles. The Morgan fingerprint density at radius 3 is 2.53 bits per heavy atom. The van der Waals surface area contributed by atoms with Crippen LogP contribution in [0.3, 0.4) is 0 Å². The first-order valence-corrected chi connectivity index (χ1v) is 6.97. The van der Waals surface area contributed by atoms with Gasteiger partial charge in [-0.25, -0.2) is 0 Å². The SMILES string of the molecule is CC(C)CN1C(N)=NCC12CCCCC2(C)C. The van der Waals surface area contributed by atoms with Crippen LogP contribution in [0.4, 0.5) is 0 Å². The van der Waals surface area contributed by atoms with Crippen molar-refractivity contribution in [3.8, 4) is 0 Å². The highest BCUT2D eigenvalue weighted by atomic mass is 15.4. The minimum Gasteiger partial charge on any atom is -0.370 e. The maximum Gasteiger partial charge on any atom is 0.191 e. The predicted octanol–water partition coefficient (Wildman–Crippen LogP) is 2.61. The number of nitrogens with two attached hydrogens (primary N) is 1. The van der Waals surface area contributed by atoms with Crippen molar-refractivity contribution < 1.29 is 0 Å². The van der Waals surface area contributed by atoms with Crippen LogP contribution in [-0.4, -0.2) is 29.5 Å². The zero-order valence-electron chi connectivity index (χ0n) is 11.8. The van der Waals surface area contributed by atoms with Gasteiger partial charge in [0.1, 0.15) is 0 Å². The zero-order chi connectivity index (χ0) is 12.7. The Balaban J connectivity index is 2.29. The van der Waals surface area contributed by atoms with Crippen molar-refractivity contribution in [2.45, 2.75) is 58.9 Å². The Bertz CT molecular complexity index is 319. The van der Waals surface area contributed by atoms with E-state index in [1.807, 2.05) is 0 Å². The Kier molecular flexibility index (Phi) is 3.13. The van der Waals surface area contributed by atoms with Gasteiger partial charge in [-0.2, -0.15) is 0 Å². The summed E-state index contributed by atoms with van der Waals surface area (Å²) < 4.78 is 0. The smallest absolute Gasteiger partial charge is 0.191 e. The predicted molar refractivity (Wildman–Crippen MR) is 73.0 cm³/mol.